The van der Waals surface area contributed by atoms with Crippen LogP contribution in [0.3, 0.4) is 0 Å². The molecule has 1 aliphatic heterocycles. The van der Waals surface area contributed by atoms with Crippen molar-refractivity contribution in [2.24, 2.45) is 17.8 Å². The molecule has 1 saturated heterocycles. The summed E-state index contributed by atoms with van der Waals surface area (Å²) in [6, 6.07) is 0.747. The molecule has 0 aromatic rings. The van der Waals surface area contributed by atoms with Gasteiger partial charge in [-0.2, -0.15) is 0 Å². The number of rotatable bonds is 5. The topological polar surface area (TPSA) is 21.3 Å². The summed E-state index contributed by atoms with van der Waals surface area (Å²) in [6.07, 6.45) is 11.2. The zero-order chi connectivity index (χ0) is 12.8. The van der Waals surface area contributed by atoms with Gasteiger partial charge in [-0.3, -0.25) is 0 Å². The van der Waals surface area contributed by atoms with Crippen molar-refractivity contribution in [2.45, 2.75) is 64.3 Å². The average molecular weight is 253 g/mol. The SMILES string of the molecule is CCCC1CCC(C(NC)C2CCOCC2)CC1. The van der Waals surface area contributed by atoms with E-state index < -0.39 is 0 Å². The van der Waals surface area contributed by atoms with E-state index in [0.717, 1.165) is 37.0 Å². The Morgan fingerprint density at radius 3 is 2.17 bits per heavy atom. The molecule has 1 unspecified atom stereocenters. The molecule has 2 nitrogen and oxygen atoms in total. The van der Waals surface area contributed by atoms with Gasteiger partial charge in [0.15, 0.2) is 0 Å². The summed E-state index contributed by atoms with van der Waals surface area (Å²) in [6.45, 7) is 4.28. The molecule has 1 aliphatic carbocycles. The summed E-state index contributed by atoms with van der Waals surface area (Å²) in [5.74, 6) is 2.81. The predicted molar refractivity (Wildman–Crippen MR) is 76.7 cm³/mol. The second kappa shape index (κ2) is 7.49. The molecule has 2 heteroatoms. The summed E-state index contributed by atoms with van der Waals surface area (Å²) in [5, 5.41) is 3.63. The Morgan fingerprint density at radius 1 is 1.00 bits per heavy atom. The van der Waals surface area contributed by atoms with E-state index in [1.807, 2.05) is 0 Å². The van der Waals surface area contributed by atoms with Gasteiger partial charge in [-0.05, 0) is 50.5 Å². The van der Waals surface area contributed by atoms with Crippen molar-refractivity contribution in [3.05, 3.63) is 0 Å². The van der Waals surface area contributed by atoms with Gasteiger partial charge in [-0.25, -0.2) is 0 Å². The van der Waals surface area contributed by atoms with E-state index in [2.05, 4.69) is 19.3 Å². The molecule has 2 aliphatic rings. The highest BCUT2D eigenvalue weighted by molar-refractivity contribution is 4.86. The van der Waals surface area contributed by atoms with Gasteiger partial charge in [-0.15, -0.1) is 0 Å². The van der Waals surface area contributed by atoms with Gasteiger partial charge in [0.2, 0.25) is 0 Å². The van der Waals surface area contributed by atoms with Gasteiger partial charge in [0.1, 0.15) is 0 Å². The lowest BCUT2D eigenvalue weighted by Gasteiger charge is -2.39. The third-order valence-electron chi connectivity index (χ3n) is 5.20. The molecule has 1 heterocycles. The molecule has 0 amide bonds. The summed E-state index contributed by atoms with van der Waals surface area (Å²) in [5.41, 5.74) is 0. The van der Waals surface area contributed by atoms with Crippen molar-refractivity contribution < 1.29 is 4.74 Å². The zero-order valence-electron chi connectivity index (χ0n) is 12.3. The van der Waals surface area contributed by atoms with Gasteiger partial charge in [0, 0.05) is 19.3 Å². The van der Waals surface area contributed by atoms with Crippen LogP contribution in [0.25, 0.3) is 0 Å². The number of hydrogen-bond acceptors (Lipinski definition) is 2. The fourth-order valence-corrected chi connectivity index (χ4v) is 4.18. The first kappa shape index (κ1) is 14.3. The highest BCUT2D eigenvalue weighted by Gasteiger charge is 2.32. The Hall–Kier alpha value is -0.0800. The molecular weight excluding hydrogens is 222 g/mol. The Balaban J connectivity index is 1.81. The van der Waals surface area contributed by atoms with Crippen LogP contribution < -0.4 is 5.32 Å². The fraction of sp³-hybridized carbons (Fsp3) is 1.00. The third kappa shape index (κ3) is 3.71. The lowest BCUT2D eigenvalue weighted by atomic mass is 9.72. The van der Waals surface area contributed by atoms with Gasteiger partial charge >= 0.3 is 0 Å². The normalized spacial score (nSPS) is 32.3. The van der Waals surface area contributed by atoms with Crippen LogP contribution in [0.2, 0.25) is 0 Å². The summed E-state index contributed by atoms with van der Waals surface area (Å²) >= 11 is 0. The van der Waals surface area contributed by atoms with Crippen molar-refractivity contribution in [3.63, 3.8) is 0 Å². The van der Waals surface area contributed by atoms with Crippen LogP contribution in [0.4, 0.5) is 0 Å². The Labute approximate surface area is 113 Å². The highest BCUT2D eigenvalue weighted by Crippen LogP contribution is 2.36. The van der Waals surface area contributed by atoms with Crippen LogP contribution in [0.5, 0.6) is 0 Å². The molecule has 106 valence electrons. The molecule has 2 rings (SSSR count). The van der Waals surface area contributed by atoms with E-state index in [4.69, 9.17) is 4.74 Å². The van der Waals surface area contributed by atoms with Crippen LogP contribution in [0.1, 0.15) is 58.3 Å². The molecule has 2 fully saturated rings. The van der Waals surface area contributed by atoms with Crippen LogP contribution in [-0.4, -0.2) is 26.3 Å². The molecule has 0 radical (unpaired) electrons. The first-order valence-electron chi connectivity index (χ1n) is 8.10. The van der Waals surface area contributed by atoms with E-state index in [0.29, 0.717) is 0 Å². The molecule has 0 bridgehead atoms. The molecular formula is C16H31NO. The largest absolute Gasteiger partial charge is 0.381 e. The van der Waals surface area contributed by atoms with E-state index in [1.54, 1.807) is 0 Å². The van der Waals surface area contributed by atoms with Crippen molar-refractivity contribution >= 4 is 0 Å². The fourth-order valence-electron chi connectivity index (χ4n) is 4.18. The first-order valence-corrected chi connectivity index (χ1v) is 8.10. The van der Waals surface area contributed by atoms with Crippen molar-refractivity contribution in [1.29, 1.82) is 0 Å². The van der Waals surface area contributed by atoms with Gasteiger partial charge in [0.25, 0.3) is 0 Å². The molecule has 0 spiro atoms. The summed E-state index contributed by atoms with van der Waals surface area (Å²) in [7, 11) is 2.16. The van der Waals surface area contributed by atoms with Crippen molar-refractivity contribution in [3.8, 4) is 0 Å². The Morgan fingerprint density at radius 2 is 1.61 bits per heavy atom. The van der Waals surface area contributed by atoms with Gasteiger partial charge in [0.05, 0.1) is 0 Å². The standard InChI is InChI=1S/C16H31NO/c1-3-4-13-5-7-14(8-6-13)16(17-2)15-9-11-18-12-10-15/h13-17H,3-12H2,1-2H3. The molecule has 18 heavy (non-hydrogen) atoms. The van der Waals surface area contributed by atoms with E-state index in [9.17, 15) is 0 Å². The van der Waals surface area contributed by atoms with E-state index >= 15 is 0 Å². The summed E-state index contributed by atoms with van der Waals surface area (Å²) in [4.78, 5) is 0. The molecule has 1 N–H and O–H groups in total. The first-order chi connectivity index (χ1) is 8.85. The quantitative estimate of drug-likeness (QED) is 0.808. The third-order valence-corrected chi connectivity index (χ3v) is 5.20. The number of nitrogens with one attached hydrogen (secondary N) is 1. The molecule has 1 atom stereocenters. The summed E-state index contributed by atoms with van der Waals surface area (Å²) < 4.78 is 5.50. The molecule has 1 saturated carbocycles. The second-order valence-corrected chi connectivity index (χ2v) is 6.33. The number of ether oxygens (including phenoxy) is 1. The van der Waals surface area contributed by atoms with Crippen molar-refractivity contribution in [1.82, 2.24) is 5.32 Å². The van der Waals surface area contributed by atoms with Crippen LogP contribution in [-0.2, 0) is 4.74 Å². The minimum Gasteiger partial charge on any atom is -0.381 e. The van der Waals surface area contributed by atoms with Crippen molar-refractivity contribution in [2.75, 3.05) is 20.3 Å². The molecule has 0 aromatic heterocycles. The Bertz CT molecular complexity index is 217. The molecule has 0 aromatic carbocycles. The number of hydrogen-bond donors (Lipinski definition) is 1. The van der Waals surface area contributed by atoms with E-state index in [-0.39, 0.29) is 0 Å². The van der Waals surface area contributed by atoms with Gasteiger partial charge < -0.3 is 10.1 Å². The zero-order valence-corrected chi connectivity index (χ0v) is 12.3. The van der Waals surface area contributed by atoms with Crippen LogP contribution in [0.15, 0.2) is 0 Å². The maximum absolute atomic E-state index is 5.50. The van der Waals surface area contributed by atoms with Crippen LogP contribution >= 0.6 is 0 Å². The monoisotopic (exact) mass is 253 g/mol. The van der Waals surface area contributed by atoms with Crippen LogP contribution in [0, 0.1) is 17.8 Å². The average Bonchev–Trinajstić information content (AvgIpc) is 2.43. The lowest BCUT2D eigenvalue weighted by Crippen LogP contribution is -2.43. The highest BCUT2D eigenvalue weighted by atomic mass is 16.5. The lowest BCUT2D eigenvalue weighted by molar-refractivity contribution is 0.0397. The predicted octanol–water partition coefficient (Wildman–Crippen LogP) is 3.61. The maximum atomic E-state index is 5.50. The smallest absolute Gasteiger partial charge is 0.0469 e. The van der Waals surface area contributed by atoms with E-state index in [1.165, 1.54) is 51.4 Å². The maximum Gasteiger partial charge on any atom is 0.0469 e. The minimum absolute atomic E-state index is 0.747. The minimum atomic E-state index is 0.747. The van der Waals surface area contributed by atoms with Gasteiger partial charge in [-0.1, -0.05) is 32.6 Å². The Kier molecular flexibility index (Phi) is 5.97. The second-order valence-electron chi connectivity index (χ2n) is 6.33.